The zero-order valence-electron chi connectivity index (χ0n) is 15.5. The molecule has 0 saturated heterocycles. The van der Waals surface area contributed by atoms with E-state index in [0.717, 1.165) is 0 Å². The fraction of sp³-hybridized carbons (Fsp3) is 0.0909. The Morgan fingerprint density at radius 3 is 2.14 bits per heavy atom. The van der Waals surface area contributed by atoms with Crippen molar-refractivity contribution in [3.8, 4) is 5.75 Å². The van der Waals surface area contributed by atoms with Gasteiger partial charge in [-0.1, -0.05) is 42.5 Å². The van der Waals surface area contributed by atoms with Crippen LogP contribution in [-0.2, 0) is 4.74 Å². The molecule has 1 atom stereocenters. The number of para-hydroxylation sites is 1. The number of esters is 1. The maximum atomic E-state index is 13.0. The zero-order chi connectivity index (χ0) is 20.8. The summed E-state index contributed by atoms with van der Waals surface area (Å²) >= 11 is 0. The Kier molecular flexibility index (Phi) is 5.99. The highest BCUT2D eigenvalue weighted by Crippen LogP contribution is 2.28. The molecule has 0 aromatic heterocycles. The lowest BCUT2D eigenvalue weighted by atomic mass is 9.99. The van der Waals surface area contributed by atoms with Gasteiger partial charge in [-0.15, -0.1) is 0 Å². The Balaban J connectivity index is 1.97. The van der Waals surface area contributed by atoms with Gasteiger partial charge < -0.3 is 9.47 Å². The summed E-state index contributed by atoms with van der Waals surface area (Å²) in [7, 11) is 1.43. The van der Waals surface area contributed by atoms with Crippen LogP contribution in [0.25, 0.3) is 0 Å². The Hall–Kier alpha value is -4.00. The van der Waals surface area contributed by atoms with E-state index in [-0.39, 0.29) is 11.3 Å². The van der Waals surface area contributed by atoms with Gasteiger partial charge in [0.05, 0.1) is 12.0 Å². The lowest BCUT2D eigenvalue weighted by Crippen LogP contribution is -2.20. The van der Waals surface area contributed by atoms with Crippen LogP contribution in [0, 0.1) is 10.1 Å². The van der Waals surface area contributed by atoms with Gasteiger partial charge in [0.25, 0.3) is 5.69 Å². The topological polar surface area (TPSA) is 95.7 Å². The molecule has 3 aromatic rings. The molecular weight excluding hydrogens is 374 g/mol. The summed E-state index contributed by atoms with van der Waals surface area (Å²) in [6.07, 6.45) is -1.27. The molecular formula is C22H17NO6. The number of Topliss-reactive ketones (excluding diaryl/α,β-unsaturated/α-hetero) is 1. The van der Waals surface area contributed by atoms with Crippen molar-refractivity contribution in [1.29, 1.82) is 0 Å². The van der Waals surface area contributed by atoms with Crippen molar-refractivity contribution >= 4 is 17.4 Å². The van der Waals surface area contributed by atoms with Crippen molar-refractivity contribution in [1.82, 2.24) is 0 Å². The summed E-state index contributed by atoms with van der Waals surface area (Å²) < 4.78 is 10.7. The van der Waals surface area contributed by atoms with Crippen LogP contribution in [0.2, 0.25) is 0 Å². The molecule has 3 aromatic carbocycles. The van der Waals surface area contributed by atoms with E-state index in [4.69, 9.17) is 9.47 Å². The predicted octanol–water partition coefficient (Wildman–Crippen LogP) is 4.38. The Morgan fingerprint density at radius 1 is 0.897 bits per heavy atom. The zero-order valence-corrected chi connectivity index (χ0v) is 15.5. The van der Waals surface area contributed by atoms with Gasteiger partial charge in [0.15, 0.2) is 6.10 Å². The molecule has 29 heavy (non-hydrogen) atoms. The van der Waals surface area contributed by atoms with Crippen LogP contribution in [0.1, 0.15) is 32.4 Å². The molecule has 7 nitrogen and oxygen atoms in total. The van der Waals surface area contributed by atoms with E-state index in [0.29, 0.717) is 16.9 Å². The maximum absolute atomic E-state index is 13.0. The van der Waals surface area contributed by atoms with Gasteiger partial charge in [-0.25, -0.2) is 4.79 Å². The number of benzene rings is 3. The first-order valence-corrected chi connectivity index (χ1v) is 8.69. The van der Waals surface area contributed by atoms with E-state index in [2.05, 4.69) is 0 Å². The first kappa shape index (κ1) is 19.8. The second-order valence-electron chi connectivity index (χ2n) is 6.06. The second-order valence-corrected chi connectivity index (χ2v) is 6.06. The van der Waals surface area contributed by atoms with E-state index < -0.39 is 22.8 Å². The third kappa shape index (κ3) is 4.47. The number of nitro groups is 1. The molecule has 0 aliphatic heterocycles. The number of hydrogen-bond acceptors (Lipinski definition) is 6. The lowest BCUT2D eigenvalue weighted by Gasteiger charge is -2.18. The highest BCUT2D eigenvalue weighted by molar-refractivity contribution is 6.02. The minimum Gasteiger partial charge on any atom is -0.496 e. The van der Waals surface area contributed by atoms with Crippen LogP contribution in [0.5, 0.6) is 5.75 Å². The molecule has 0 spiro atoms. The quantitative estimate of drug-likeness (QED) is 0.257. The summed E-state index contributed by atoms with van der Waals surface area (Å²) in [4.78, 5) is 36.2. The van der Waals surface area contributed by atoms with Crippen LogP contribution >= 0.6 is 0 Å². The molecule has 0 bridgehead atoms. The van der Waals surface area contributed by atoms with Gasteiger partial charge in [-0.3, -0.25) is 14.9 Å². The second kappa shape index (κ2) is 8.79. The van der Waals surface area contributed by atoms with Gasteiger partial charge in [0.1, 0.15) is 11.3 Å². The average Bonchev–Trinajstić information content (AvgIpc) is 2.77. The number of ketones is 1. The van der Waals surface area contributed by atoms with Gasteiger partial charge in [-0.2, -0.15) is 0 Å². The van der Waals surface area contributed by atoms with Crippen molar-refractivity contribution in [2.75, 3.05) is 7.11 Å². The molecule has 3 rings (SSSR count). The Morgan fingerprint density at radius 2 is 1.52 bits per heavy atom. The number of carbonyl (C=O) groups excluding carboxylic acids is 2. The van der Waals surface area contributed by atoms with Crippen LogP contribution in [0.15, 0.2) is 78.9 Å². The minimum absolute atomic E-state index is 0.129. The first-order chi connectivity index (χ1) is 14.0. The molecule has 0 fully saturated rings. The van der Waals surface area contributed by atoms with Crippen molar-refractivity contribution in [3.05, 3.63) is 106 Å². The monoisotopic (exact) mass is 391 g/mol. The van der Waals surface area contributed by atoms with Crippen LogP contribution in [-0.4, -0.2) is 23.8 Å². The number of methoxy groups -OCH3 is 1. The molecule has 0 heterocycles. The fourth-order valence-corrected chi connectivity index (χ4v) is 2.78. The third-order valence-corrected chi connectivity index (χ3v) is 4.25. The van der Waals surface area contributed by atoms with Gasteiger partial charge in [0.2, 0.25) is 5.78 Å². The summed E-state index contributed by atoms with van der Waals surface area (Å²) in [5.41, 5.74) is 0.717. The highest BCUT2D eigenvalue weighted by Gasteiger charge is 2.28. The molecule has 0 aliphatic rings. The molecule has 0 saturated carbocycles. The first-order valence-electron chi connectivity index (χ1n) is 8.69. The summed E-state index contributed by atoms with van der Waals surface area (Å²) in [5, 5.41) is 10.9. The van der Waals surface area contributed by atoms with Gasteiger partial charge >= 0.3 is 5.97 Å². The lowest BCUT2D eigenvalue weighted by molar-refractivity contribution is -0.384. The normalized spacial score (nSPS) is 11.3. The average molecular weight is 391 g/mol. The molecule has 0 unspecified atom stereocenters. The van der Waals surface area contributed by atoms with Crippen molar-refractivity contribution in [3.63, 3.8) is 0 Å². The number of nitrogens with zero attached hydrogens (tertiary/aromatic N) is 1. The molecule has 7 heteroatoms. The van der Waals surface area contributed by atoms with E-state index in [1.54, 1.807) is 48.5 Å². The molecule has 0 radical (unpaired) electrons. The number of carbonyl (C=O) groups is 2. The summed E-state index contributed by atoms with van der Waals surface area (Å²) in [5.74, 6) is -0.870. The minimum atomic E-state index is -1.27. The molecule has 146 valence electrons. The number of ether oxygens (including phenoxy) is 2. The van der Waals surface area contributed by atoms with Crippen molar-refractivity contribution < 1.29 is 24.0 Å². The number of nitro benzene ring substituents is 1. The third-order valence-electron chi connectivity index (χ3n) is 4.25. The predicted molar refractivity (Wildman–Crippen MR) is 105 cm³/mol. The number of hydrogen-bond donors (Lipinski definition) is 0. The van der Waals surface area contributed by atoms with Crippen molar-refractivity contribution in [2.24, 2.45) is 0 Å². The molecule has 0 N–H and O–H groups in total. The smallest absolute Gasteiger partial charge is 0.342 e. The summed E-state index contributed by atoms with van der Waals surface area (Å²) in [6, 6.07) is 20.2. The van der Waals surface area contributed by atoms with E-state index >= 15 is 0 Å². The largest absolute Gasteiger partial charge is 0.496 e. The Bertz CT molecular complexity index is 1030. The fourth-order valence-electron chi connectivity index (χ4n) is 2.78. The maximum Gasteiger partial charge on any atom is 0.342 e. The Labute approximate surface area is 166 Å². The van der Waals surface area contributed by atoms with Gasteiger partial charge in [-0.05, 0) is 24.3 Å². The van der Waals surface area contributed by atoms with Crippen LogP contribution in [0.4, 0.5) is 5.69 Å². The van der Waals surface area contributed by atoms with E-state index in [1.165, 1.54) is 37.4 Å². The molecule has 0 amide bonds. The highest BCUT2D eigenvalue weighted by atomic mass is 16.6. The summed E-state index contributed by atoms with van der Waals surface area (Å²) in [6.45, 7) is 0. The van der Waals surface area contributed by atoms with Crippen molar-refractivity contribution in [2.45, 2.75) is 6.10 Å². The number of rotatable bonds is 7. The standard InChI is InChI=1S/C22H17NO6/c1-28-19-10-6-5-9-18(19)22(25)29-21(20(24)15-7-3-2-4-8-15)16-11-13-17(14-12-16)23(26)27/h2-14,21H,1H3/t21-/m0/s1. The molecule has 0 aliphatic carbocycles. The van der Waals surface area contributed by atoms with E-state index in [1.807, 2.05) is 0 Å². The van der Waals surface area contributed by atoms with Crippen LogP contribution < -0.4 is 4.74 Å². The van der Waals surface area contributed by atoms with Crippen LogP contribution in [0.3, 0.4) is 0 Å². The SMILES string of the molecule is COc1ccccc1C(=O)O[C@H](C(=O)c1ccccc1)c1ccc([N+](=O)[O-])cc1. The van der Waals surface area contributed by atoms with Gasteiger partial charge in [0, 0.05) is 23.3 Å². The van der Waals surface area contributed by atoms with E-state index in [9.17, 15) is 19.7 Å². The number of non-ortho nitro benzene ring substituents is 1.